The van der Waals surface area contributed by atoms with Crippen molar-refractivity contribution < 1.29 is 22.3 Å². The fourth-order valence-electron chi connectivity index (χ4n) is 2.56. The number of benzene rings is 1. The SMILES string of the molecule is CCOc1ccncc1S(=O)(=O)N1CC(C)Oc2c(F)cccc21. The summed E-state index contributed by atoms with van der Waals surface area (Å²) >= 11 is 0. The van der Waals surface area contributed by atoms with Crippen molar-refractivity contribution in [3.05, 3.63) is 42.5 Å². The van der Waals surface area contributed by atoms with Crippen molar-refractivity contribution in [3.8, 4) is 11.5 Å². The fourth-order valence-corrected chi connectivity index (χ4v) is 4.18. The number of hydrogen-bond acceptors (Lipinski definition) is 5. The molecule has 2 heterocycles. The van der Waals surface area contributed by atoms with Gasteiger partial charge in [-0.15, -0.1) is 0 Å². The van der Waals surface area contributed by atoms with Crippen LogP contribution in [0.2, 0.25) is 0 Å². The Morgan fingerprint density at radius 2 is 2.21 bits per heavy atom. The summed E-state index contributed by atoms with van der Waals surface area (Å²) in [7, 11) is -3.98. The van der Waals surface area contributed by atoms with Crippen LogP contribution in [0.15, 0.2) is 41.6 Å². The van der Waals surface area contributed by atoms with Crippen LogP contribution in [0.3, 0.4) is 0 Å². The molecule has 2 aromatic rings. The first-order chi connectivity index (χ1) is 11.4. The van der Waals surface area contributed by atoms with E-state index in [1.54, 1.807) is 13.8 Å². The number of halogens is 1. The van der Waals surface area contributed by atoms with Gasteiger partial charge in [0.25, 0.3) is 10.0 Å². The summed E-state index contributed by atoms with van der Waals surface area (Å²) in [5, 5.41) is 0. The van der Waals surface area contributed by atoms with Crippen molar-refractivity contribution in [2.45, 2.75) is 24.8 Å². The van der Waals surface area contributed by atoms with Crippen molar-refractivity contribution in [1.29, 1.82) is 0 Å². The Morgan fingerprint density at radius 1 is 1.42 bits per heavy atom. The van der Waals surface area contributed by atoms with E-state index in [2.05, 4.69) is 4.98 Å². The first-order valence-corrected chi connectivity index (χ1v) is 8.94. The predicted molar refractivity (Wildman–Crippen MR) is 86.4 cm³/mol. The summed E-state index contributed by atoms with van der Waals surface area (Å²) in [5.41, 5.74) is 0.166. The highest BCUT2D eigenvalue weighted by Crippen LogP contribution is 2.39. The third-order valence-corrected chi connectivity index (χ3v) is 5.36. The third-order valence-electron chi connectivity index (χ3n) is 3.57. The molecule has 1 aromatic carbocycles. The normalized spacial score (nSPS) is 17.1. The second kappa shape index (κ2) is 6.27. The van der Waals surface area contributed by atoms with Crippen molar-refractivity contribution in [1.82, 2.24) is 4.98 Å². The predicted octanol–water partition coefficient (Wildman–Crippen LogP) is 2.60. The first kappa shape index (κ1) is 16.5. The van der Waals surface area contributed by atoms with Gasteiger partial charge in [-0.2, -0.15) is 0 Å². The van der Waals surface area contributed by atoms with E-state index in [0.29, 0.717) is 6.61 Å². The summed E-state index contributed by atoms with van der Waals surface area (Å²) in [6.07, 6.45) is 2.20. The Kier molecular flexibility index (Phi) is 4.31. The minimum atomic E-state index is -3.98. The number of para-hydroxylation sites is 1. The highest BCUT2D eigenvalue weighted by atomic mass is 32.2. The maximum Gasteiger partial charge on any atom is 0.269 e. The van der Waals surface area contributed by atoms with Gasteiger partial charge in [0.2, 0.25) is 0 Å². The Morgan fingerprint density at radius 3 is 2.96 bits per heavy atom. The van der Waals surface area contributed by atoms with Gasteiger partial charge in [0.15, 0.2) is 11.6 Å². The quantitative estimate of drug-likeness (QED) is 0.846. The Bertz CT molecular complexity index is 857. The lowest BCUT2D eigenvalue weighted by Gasteiger charge is -2.34. The highest BCUT2D eigenvalue weighted by molar-refractivity contribution is 7.93. The van der Waals surface area contributed by atoms with Crippen molar-refractivity contribution >= 4 is 15.7 Å². The lowest BCUT2D eigenvalue weighted by atomic mass is 10.2. The summed E-state index contributed by atoms with van der Waals surface area (Å²) in [6.45, 7) is 3.83. The highest BCUT2D eigenvalue weighted by Gasteiger charge is 2.36. The number of nitrogens with zero attached hydrogens (tertiary/aromatic N) is 2. The smallest absolute Gasteiger partial charge is 0.269 e. The van der Waals surface area contributed by atoms with E-state index in [-0.39, 0.29) is 28.6 Å². The fraction of sp³-hybridized carbons (Fsp3) is 0.312. The van der Waals surface area contributed by atoms with Crippen molar-refractivity contribution in [3.63, 3.8) is 0 Å². The molecule has 1 unspecified atom stereocenters. The summed E-state index contributed by atoms with van der Waals surface area (Å²) in [5.74, 6) is -0.457. The lowest BCUT2D eigenvalue weighted by Crippen LogP contribution is -2.42. The zero-order valence-electron chi connectivity index (χ0n) is 13.3. The average molecular weight is 352 g/mol. The van der Waals surface area contributed by atoms with E-state index in [1.807, 2.05) is 0 Å². The molecule has 0 radical (unpaired) electrons. The molecule has 0 saturated heterocycles. The number of anilines is 1. The van der Waals surface area contributed by atoms with Crippen LogP contribution < -0.4 is 13.8 Å². The molecule has 0 N–H and O–H groups in total. The topological polar surface area (TPSA) is 68.7 Å². The number of sulfonamides is 1. The van der Waals surface area contributed by atoms with Gasteiger partial charge in [-0.25, -0.2) is 12.8 Å². The van der Waals surface area contributed by atoms with Crippen LogP contribution in [0.25, 0.3) is 0 Å². The van der Waals surface area contributed by atoms with Crippen LogP contribution in [-0.4, -0.2) is 32.7 Å². The van der Waals surface area contributed by atoms with Crippen LogP contribution in [0, 0.1) is 5.82 Å². The molecule has 1 aliphatic heterocycles. The Labute approximate surface area is 139 Å². The largest absolute Gasteiger partial charge is 0.492 e. The molecule has 6 nitrogen and oxygen atoms in total. The number of aromatic nitrogens is 1. The Hall–Kier alpha value is -2.35. The molecule has 1 aliphatic rings. The monoisotopic (exact) mass is 352 g/mol. The van der Waals surface area contributed by atoms with E-state index in [1.165, 1.54) is 36.7 Å². The zero-order chi connectivity index (χ0) is 17.3. The van der Waals surface area contributed by atoms with Gasteiger partial charge >= 0.3 is 0 Å². The minimum absolute atomic E-state index is 0.0591. The molecule has 0 amide bonds. The van der Waals surface area contributed by atoms with E-state index in [0.717, 1.165) is 4.31 Å². The van der Waals surface area contributed by atoms with Crippen LogP contribution in [0.1, 0.15) is 13.8 Å². The zero-order valence-corrected chi connectivity index (χ0v) is 14.1. The molecule has 1 aromatic heterocycles. The molecule has 128 valence electrons. The molecule has 1 atom stereocenters. The molecule has 8 heteroatoms. The van der Waals surface area contributed by atoms with Gasteiger partial charge in [-0.05, 0) is 32.0 Å². The lowest BCUT2D eigenvalue weighted by molar-refractivity contribution is 0.209. The van der Waals surface area contributed by atoms with Gasteiger partial charge in [-0.3, -0.25) is 9.29 Å². The maximum absolute atomic E-state index is 14.0. The molecule has 0 fully saturated rings. The summed E-state index contributed by atoms with van der Waals surface area (Å²) in [6, 6.07) is 5.69. The Balaban J connectivity index is 2.14. The number of hydrogen-bond donors (Lipinski definition) is 0. The third kappa shape index (κ3) is 2.77. The van der Waals surface area contributed by atoms with Crippen LogP contribution >= 0.6 is 0 Å². The van der Waals surface area contributed by atoms with E-state index >= 15 is 0 Å². The van der Waals surface area contributed by atoms with E-state index in [4.69, 9.17) is 9.47 Å². The van der Waals surface area contributed by atoms with Gasteiger partial charge < -0.3 is 9.47 Å². The van der Waals surface area contributed by atoms with Gasteiger partial charge in [-0.1, -0.05) is 6.07 Å². The number of ether oxygens (including phenoxy) is 2. The van der Waals surface area contributed by atoms with Gasteiger partial charge in [0.1, 0.15) is 16.7 Å². The summed E-state index contributed by atoms with van der Waals surface area (Å²) in [4.78, 5) is 3.83. The van der Waals surface area contributed by atoms with Gasteiger partial charge in [0, 0.05) is 6.20 Å². The maximum atomic E-state index is 14.0. The second-order valence-corrected chi connectivity index (χ2v) is 7.14. The van der Waals surface area contributed by atoms with E-state index in [9.17, 15) is 12.8 Å². The van der Waals surface area contributed by atoms with E-state index < -0.39 is 21.9 Å². The molecular weight excluding hydrogens is 335 g/mol. The molecule has 0 bridgehead atoms. The van der Waals surface area contributed by atoms with Crippen LogP contribution in [-0.2, 0) is 10.0 Å². The first-order valence-electron chi connectivity index (χ1n) is 7.50. The molecule has 0 aliphatic carbocycles. The van der Waals surface area contributed by atoms with Crippen molar-refractivity contribution in [2.24, 2.45) is 0 Å². The van der Waals surface area contributed by atoms with Crippen LogP contribution in [0.5, 0.6) is 11.5 Å². The van der Waals surface area contributed by atoms with Crippen LogP contribution in [0.4, 0.5) is 10.1 Å². The molecular formula is C16H17FN2O4S. The average Bonchev–Trinajstić information content (AvgIpc) is 2.56. The van der Waals surface area contributed by atoms with Gasteiger partial charge in [0.05, 0.1) is 25.0 Å². The minimum Gasteiger partial charge on any atom is -0.492 e. The molecule has 0 spiro atoms. The summed E-state index contributed by atoms with van der Waals surface area (Å²) < 4.78 is 52.3. The molecule has 3 rings (SSSR count). The second-order valence-electron chi connectivity index (χ2n) is 5.31. The number of pyridine rings is 1. The molecule has 0 saturated carbocycles. The number of fused-ring (bicyclic) bond motifs is 1. The number of rotatable bonds is 4. The van der Waals surface area contributed by atoms with Crippen molar-refractivity contribution in [2.75, 3.05) is 17.5 Å². The standard InChI is InChI=1S/C16H17FN2O4S/c1-3-22-14-7-8-18-9-15(14)24(20,21)19-10-11(2)23-16-12(17)5-4-6-13(16)19/h4-9,11H,3,10H2,1-2H3. The molecule has 24 heavy (non-hydrogen) atoms.